The van der Waals surface area contributed by atoms with Crippen LogP contribution < -0.4 is 0 Å². The predicted molar refractivity (Wildman–Crippen MR) is 98.9 cm³/mol. The molecule has 1 atom stereocenters. The van der Waals surface area contributed by atoms with Crippen molar-refractivity contribution in [2.24, 2.45) is 5.92 Å². The minimum absolute atomic E-state index is 0.123. The summed E-state index contributed by atoms with van der Waals surface area (Å²) in [6.45, 7) is 4.81. The Morgan fingerprint density at radius 1 is 0.545 bits per heavy atom. The molecule has 0 saturated carbocycles. The highest BCUT2D eigenvalue weighted by Gasteiger charge is 1.98. The number of unbranched alkanes of at least 4 members (excludes halogenated alkanes) is 14. The molecular weight excluding hydrogens is 268 g/mol. The quantitative estimate of drug-likeness (QED) is 0.231. The Morgan fingerprint density at radius 2 is 0.864 bits per heavy atom. The molecule has 0 heterocycles. The van der Waals surface area contributed by atoms with E-state index in [-0.39, 0.29) is 6.61 Å². The summed E-state index contributed by atoms with van der Waals surface area (Å²) in [6, 6.07) is 0. The molecule has 133 valence electrons. The Hall–Kier alpha value is -0.0400. The van der Waals surface area contributed by atoms with Gasteiger partial charge in [0, 0.05) is 0 Å². The van der Waals surface area contributed by atoms with Crippen molar-refractivity contribution < 1.29 is 5.11 Å². The third-order valence-corrected chi connectivity index (χ3v) is 5.04. The smallest absolute Gasteiger partial charge is 0.0822 e. The lowest BCUT2D eigenvalue weighted by molar-refractivity contribution is 0.186. The highest BCUT2D eigenvalue weighted by atomic mass is 16.2. The molecule has 0 aliphatic rings. The van der Waals surface area contributed by atoms with Crippen molar-refractivity contribution in [3.63, 3.8) is 0 Å². The average Bonchev–Trinajstić information content (AvgIpc) is 2.54. The first kappa shape index (κ1) is 22.0. The zero-order valence-corrected chi connectivity index (χ0v) is 15.7. The molecule has 0 N–H and O–H groups in total. The molecule has 0 aromatic carbocycles. The molecule has 0 rings (SSSR count). The monoisotopic (exact) mass is 311 g/mol. The highest BCUT2D eigenvalue weighted by Crippen LogP contribution is 2.15. The minimum atomic E-state index is 0.123. The molecule has 0 bridgehead atoms. The summed E-state index contributed by atoms with van der Waals surface area (Å²) in [7, 11) is 0. The lowest BCUT2D eigenvalue weighted by Gasteiger charge is -2.07. The van der Waals surface area contributed by atoms with Gasteiger partial charge in [-0.15, -0.1) is 0 Å². The largest absolute Gasteiger partial charge is 0.237 e. The number of hydrogen-bond donors (Lipinski definition) is 0. The van der Waals surface area contributed by atoms with Gasteiger partial charge in [0.15, 0.2) is 0 Å². The Labute approximate surface area is 141 Å². The first-order chi connectivity index (χ1) is 10.8. The first-order valence-electron chi connectivity index (χ1n) is 10.4. The van der Waals surface area contributed by atoms with Crippen LogP contribution in [0.3, 0.4) is 0 Å². The van der Waals surface area contributed by atoms with Crippen LogP contribution >= 0.6 is 0 Å². The molecule has 0 spiro atoms. The van der Waals surface area contributed by atoms with Gasteiger partial charge in [-0.1, -0.05) is 117 Å². The summed E-state index contributed by atoms with van der Waals surface area (Å²) >= 11 is 0. The van der Waals surface area contributed by atoms with Crippen molar-refractivity contribution in [2.45, 2.75) is 123 Å². The van der Waals surface area contributed by atoms with Crippen molar-refractivity contribution >= 4 is 0 Å². The van der Waals surface area contributed by atoms with E-state index < -0.39 is 0 Å². The molecular formula is C21H43O. The van der Waals surface area contributed by atoms with Gasteiger partial charge in [0.1, 0.15) is 0 Å². The van der Waals surface area contributed by atoms with E-state index in [2.05, 4.69) is 13.8 Å². The molecule has 1 radical (unpaired) electrons. The molecule has 0 saturated heterocycles. The van der Waals surface area contributed by atoms with E-state index in [9.17, 15) is 5.11 Å². The van der Waals surface area contributed by atoms with Gasteiger partial charge in [0.05, 0.1) is 6.61 Å². The summed E-state index contributed by atoms with van der Waals surface area (Å²) in [6.07, 6.45) is 23.3. The summed E-state index contributed by atoms with van der Waals surface area (Å²) in [4.78, 5) is 0. The Balaban J connectivity index is 2.97. The molecule has 0 aromatic rings. The second-order valence-electron chi connectivity index (χ2n) is 7.31. The summed E-state index contributed by atoms with van der Waals surface area (Å²) < 4.78 is 0. The molecule has 1 unspecified atom stereocenters. The van der Waals surface area contributed by atoms with Gasteiger partial charge in [0.2, 0.25) is 0 Å². The van der Waals surface area contributed by atoms with Gasteiger partial charge < -0.3 is 0 Å². The van der Waals surface area contributed by atoms with Crippen LogP contribution in [0.4, 0.5) is 0 Å². The molecule has 1 heteroatoms. The van der Waals surface area contributed by atoms with E-state index in [4.69, 9.17) is 0 Å². The van der Waals surface area contributed by atoms with Crippen LogP contribution in [0.1, 0.15) is 123 Å². The number of rotatable bonds is 18. The molecule has 0 amide bonds. The molecule has 0 aliphatic heterocycles. The fourth-order valence-corrected chi connectivity index (χ4v) is 3.10. The van der Waals surface area contributed by atoms with E-state index in [1.165, 1.54) is 96.3 Å². The molecule has 0 aromatic heterocycles. The lowest BCUT2D eigenvalue weighted by atomic mass is 9.99. The first-order valence-corrected chi connectivity index (χ1v) is 10.4. The van der Waals surface area contributed by atoms with E-state index in [1.54, 1.807) is 0 Å². The van der Waals surface area contributed by atoms with Gasteiger partial charge in [-0.25, -0.2) is 5.11 Å². The van der Waals surface area contributed by atoms with Gasteiger partial charge in [-0.3, -0.25) is 0 Å². The van der Waals surface area contributed by atoms with Crippen LogP contribution in [0.25, 0.3) is 0 Å². The van der Waals surface area contributed by atoms with E-state index in [0.29, 0.717) is 0 Å². The fourth-order valence-electron chi connectivity index (χ4n) is 3.10. The van der Waals surface area contributed by atoms with Crippen LogP contribution in [-0.4, -0.2) is 6.61 Å². The highest BCUT2D eigenvalue weighted by molar-refractivity contribution is 4.52. The van der Waals surface area contributed by atoms with Crippen molar-refractivity contribution in [1.82, 2.24) is 0 Å². The van der Waals surface area contributed by atoms with Crippen LogP contribution in [0, 0.1) is 5.92 Å². The topological polar surface area (TPSA) is 19.9 Å². The van der Waals surface area contributed by atoms with Crippen LogP contribution in [0.5, 0.6) is 0 Å². The maximum Gasteiger partial charge on any atom is 0.0822 e. The SMILES string of the molecule is CCC(C)CCCCCCCCCCCCCCCCC[O]. The molecule has 22 heavy (non-hydrogen) atoms. The lowest BCUT2D eigenvalue weighted by Crippen LogP contribution is -1.91. The Kier molecular flexibility index (Phi) is 19.0. The maximum atomic E-state index is 10.3. The zero-order valence-electron chi connectivity index (χ0n) is 15.7. The van der Waals surface area contributed by atoms with E-state index in [1.807, 2.05) is 0 Å². The second-order valence-corrected chi connectivity index (χ2v) is 7.31. The van der Waals surface area contributed by atoms with E-state index in [0.717, 1.165) is 18.8 Å². The molecule has 0 aliphatic carbocycles. The summed E-state index contributed by atoms with van der Waals surface area (Å²) in [5, 5.41) is 10.3. The predicted octanol–water partition coefficient (Wildman–Crippen LogP) is 7.70. The van der Waals surface area contributed by atoms with Gasteiger partial charge in [-0.2, -0.15) is 0 Å². The van der Waals surface area contributed by atoms with Gasteiger partial charge in [0.25, 0.3) is 0 Å². The van der Waals surface area contributed by atoms with Crippen LogP contribution in [-0.2, 0) is 5.11 Å². The van der Waals surface area contributed by atoms with Crippen molar-refractivity contribution in [3.05, 3.63) is 0 Å². The van der Waals surface area contributed by atoms with Crippen molar-refractivity contribution in [2.75, 3.05) is 6.61 Å². The average molecular weight is 312 g/mol. The fraction of sp³-hybridized carbons (Fsp3) is 1.00. The summed E-state index contributed by atoms with van der Waals surface area (Å²) in [5.41, 5.74) is 0. The maximum absolute atomic E-state index is 10.3. The normalized spacial score (nSPS) is 12.7. The molecule has 1 nitrogen and oxygen atoms in total. The Bertz CT molecular complexity index is 190. The van der Waals surface area contributed by atoms with Crippen molar-refractivity contribution in [3.8, 4) is 0 Å². The van der Waals surface area contributed by atoms with Gasteiger partial charge in [-0.05, 0) is 12.3 Å². The minimum Gasteiger partial charge on any atom is -0.237 e. The second kappa shape index (κ2) is 19.0. The number of hydrogen-bond acceptors (Lipinski definition) is 0. The Morgan fingerprint density at radius 3 is 1.18 bits per heavy atom. The summed E-state index contributed by atoms with van der Waals surface area (Å²) in [5.74, 6) is 0.937. The van der Waals surface area contributed by atoms with Gasteiger partial charge >= 0.3 is 0 Å². The zero-order chi connectivity index (χ0) is 16.3. The third kappa shape index (κ3) is 18.0. The molecule has 0 fully saturated rings. The van der Waals surface area contributed by atoms with Crippen LogP contribution in [0.15, 0.2) is 0 Å². The van der Waals surface area contributed by atoms with Crippen LogP contribution in [0.2, 0.25) is 0 Å². The third-order valence-electron chi connectivity index (χ3n) is 5.04. The van der Waals surface area contributed by atoms with Crippen molar-refractivity contribution in [1.29, 1.82) is 0 Å². The van der Waals surface area contributed by atoms with E-state index >= 15 is 0 Å². The standard InChI is InChI=1S/C21H43O/c1-3-21(2)19-17-15-13-11-9-7-5-4-6-8-10-12-14-16-18-20-22/h21H,3-20H2,1-2H3.